The lowest BCUT2D eigenvalue weighted by Gasteiger charge is -2.10. The van der Waals surface area contributed by atoms with Crippen molar-refractivity contribution in [2.45, 2.75) is 13.3 Å². The Balaban J connectivity index is 1.84. The number of hydrogen-bond acceptors (Lipinski definition) is 5. The van der Waals surface area contributed by atoms with E-state index in [0.29, 0.717) is 0 Å². The van der Waals surface area contributed by atoms with E-state index < -0.39 is 0 Å². The largest absolute Gasteiger partial charge is 0.399 e. The number of nitrogens with zero attached hydrogens (tertiary/aromatic N) is 2. The Kier molecular flexibility index (Phi) is 3.52. The van der Waals surface area contributed by atoms with Gasteiger partial charge in [-0.3, -0.25) is 4.98 Å². The van der Waals surface area contributed by atoms with Crippen LogP contribution < -0.4 is 11.1 Å². The first kappa shape index (κ1) is 12.9. The third kappa shape index (κ3) is 2.72. The maximum absolute atomic E-state index is 5.87. The number of nitrogens with two attached hydrogens (primary N) is 1. The Bertz CT molecular complexity index is 722. The zero-order valence-corrected chi connectivity index (χ0v) is 12.1. The van der Waals surface area contributed by atoms with Crippen LogP contribution in [0.2, 0.25) is 0 Å². The number of pyridine rings is 1. The van der Waals surface area contributed by atoms with Crippen LogP contribution in [0.5, 0.6) is 0 Å². The van der Waals surface area contributed by atoms with Gasteiger partial charge >= 0.3 is 0 Å². The van der Waals surface area contributed by atoms with E-state index in [1.807, 2.05) is 30.6 Å². The van der Waals surface area contributed by atoms with Crippen molar-refractivity contribution in [3.8, 4) is 0 Å². The number of aromatic nitrogens is 2. The molecule has 20 heavy (non-hydrogen) atoms. The molecule has 0 aliphatic rings. The van der Waals surface area contributed by atoms with Crippen molar-refractivity contribution in [1.82, 2.24) is 9.97 Å². The molecule has 0 radical (unpaired) electrons. The van der Waals surface area contributed by atoms with Gasteiger partial charge in [-0.1, -0.05) is 0 Å². The number of rotatable bonds is 4. The third-order valence-electron chi connectivity index (χ3n) is 3.14. The van der Waals surface area contributed by atoms with Crippen LogP contribution in [0.15, 0.2) is 35.2 Å². The van der Waals surface area contributed by atoms with Crippen LogP contribution in [-0.2, 0) is 6.42 Å². The molecule has 2 aromatic heterocycles. The fraction of sp³-hybridized carbons (Fsp3) is 0.200. The number of anilines is 2. The van der Waals surface area contributed by atoms with Crippen molar-refractivity contribution in [3.05, 3.63) is 46.5 Å². The molecule has 5 heteroatoms. The summed E-state index contributed by atoms with van der Waals surface area (Å²) in [7, 11) is 0. The molecule has 0 atom stereocenters. The van der Waals surface area contributed by atoms with E-state index in [1.165, 1.54) is 0 Å². The van der Waals surface area contributed by atoms with Crippen molar-refractivity contribution < 1.29 is 0 Å². The Labute approximate surface area is 121 Å². The molecule has 0 fully saturated rings. The van der Waals surface area contributed by atoms with E-state index in [0.717, 1.165) is 46.6 Å². The van der Waals surface area contributed by atoms with E-state index in [9.17, 15) is 0 Å². The molecule has 0 saturated heterocycles. The number of nitrogens with one attached hydrogen (secondary N) is 1. The maximum atomic E-state index is 5.87. The van der Waals surface area contributed by atoms with Gasteiger partial charge in [0.05, 0.1) is 16.7 Å². The molecule has 4 nitrogen and oxygen atoms in total. The second-order valence-corrected chi connectivity index (χ2v) is 5.46. The van der Waals surface area contributed by atoms with Gasteiger partial charge < -0.3 is 11.1 Å². The Morgan fingerprint density at radius 3 is 3.00 bits per heavy atom. The van der Waals surface area contributed by atoms with Crippen LogP contribution in [0.1, 0.15) is 11.4 Å². The predicted octanol–water partition coefficient (Wildman–Crippen LogP) is 3.24. The normalized spacial score (nSPS) is 10.8. The topological polar surface area (TPSA) is 63.8 Å². The highest BCUT2D eigenvalue weighted by molar-refractivity contribution is 7.07. The molecule has 2 heterocycles. The first-order valence-electron chi connectivity index (χ1n) is 6.50. The first-order chi connectivity index (χ1) is 9.72. The van der Waals surface area contributed by atoms with Gasteiger partial charge in [0.15, 0.2) is 0 Å². The lowest BCUT2D eigenvalue weighted by atomic mass is 10.1. The van der Waals surface area contributed by atoms with Gasteiger partial charge in [-0.2, -0.15) is 0 Å². The van der Waals surface area contributed by atoms with Crippen LogP contribution in [0, 0.1) is 6.92 Å². The summed E-state index contributed by atoms with van der Waals surface area (Å²) < 4.78 is 0. The summed E-state index contributed by atoms with van der Waals surface area (Å²) in [6.07, 6.45) is 0.911. The van der Waals surface area contributed by atoms with Gasteiger partial charge in [-0.05, 0) is 31.2 Å². The minimum atomic E-state index is 0.755. The number of benzene rings is 1. The zero-order chi connectivity index (χ0) is 13.9. The van der Waals surface area contributed by atoms with E-state index in [1.54, 1.807) is 11.3 Å². The minimum Gasteiger partial charge on any atom is -0.399 e. The van der Waals surface area contributed by atoms with Gasteiger partial charge in [0, 0.05) is 40.8 Å². The molecule has 1 aromatic carbocycles. The fourth-order valence-electron chi connectivity index (χ4n) is 2.21. The SMILES string of the molecule is Cc1cc(NCCc2cscn2)c2cc(N)ccc2n1. The summed E-state index contributed by atoms with van der Waals surface area (Å²) in [5.74, 6) is 0. The van der Waals surface area contributed by atoms with E-state index >= 15 is 0 Å². The van der Waals surface area contributed by atoms with Crippen LogP contribution in [0.25, 0.3) is 10.9 Å². The first-order valence-corrected chi connectivity index (χ1v) is 7.44. The molecule has 3 rings (SSSR count). The number of hydrogen-bond donors (Lipinski definition) is 2. The monoisotopic (exact) mass is 284 g/mol. The van der Waals surface area contributed by atoms with E-state index in [4.69, 9.17) is 5.73 Å². The highest BCUT2D eigenvalue weighted by Crippen LogP contribution is 2.25. The van der Waals surface area contributed by atoms with Crippen LogP contribution in [0.4, 0.5) is 11.4 Å². The molecule has 0 saturated carbocycles. The highest BCUT2D eigenvalue weighted by Gasteiger charge is 2.04. The quantitative estimate of drug-likeness (QED) is 0.722. The number of nitrogen functional groups attached to an aromatic ring is 1. The van der Waals surface area contributed by atoms with Gasteiger partial charge in [0.1, 0.15) is 0 Å². The number of aryl methyl sites for hydroxylation is 1. The van der Waals surface area contributed by atoms with Crippen molar-refractivity contribution in [2.75, 3.05) is 17.6 Å². The van der Waals surface area contributed by atoms with Crippen LogP contribution in [-0.4, -0.2) is 16.5 Å². The maximum Gasteiger partial charge on any atom is 0.0794 e. The average molecular weight is 284 g/mol. The molecule has 0 amide bonds. The van der Waals surface area contributed by atoms with Crippen molar-refractivity contribution in [2.24, 2.45) is 0 Å². The summed E-state index contributed by atoms with van der Waals surface area (Å²) in [6, 6.07) is 7.87. The average Bonchev–Trinajstić information content (AvgIpc) is 2.92. The van der Waals surface area contributed by atoms with E-state index in [2.05, 4.69) is 26.7 Å². The zero-order valence-electron chi connectivity index (χ0n) is 11.3. The Morgan fingerprint density at radius 2 is 2.20 bits per heavy atom. The summed E-state index contributed by atoms with van der Waals surface area (Å²) in [4.78, 5) is 8.82. The Hall–Kier alpha value is -2.14. The second kappa shape index (κ2) is 5.46. The molecular weight excluding hydrogens is 268 g/mol. The smallest absolute Gasteiger partial charge is 0.0794 e. The third-order valence-corrected chi connectivity index (χ3v) is 3.78. The molecular formula is C15H16N4S. The van der Waals surface area contributed by atoms with Crippen molar-refractivity contribution in [3.63, 3.8) is 0 Å². The summed E-state index contributed by atoms with van der Waals surface area (Å²) >= 11 is 1.63. The molecule has 0 bridgehead atoms. The lowest BCUT2D eigenvalue weighted by molar-refractivity contribution is 0.978. The standard InChI is InChI=1S/C15H16N4S/c1-10-6-15(17-5-4-12-8-20-9-18-12)13-7-11(16)2-3-14(13)19-10/h2-3,6-9H,4-5,16H2,1H3,(H,17,19). The van der Waals surface area contributed by atoms with Crippen LogP contribution >= 0.6 is 11.3 Å². The number of thiazole rings is 1. The molecule has 0 aliphatic heterocycles. The number of fused-ring (bicyclic) bond motifs is 1. The predicted molar refractivity (Wildman–Crippen MR) is 85.2 cm³/mol. The molecule has 102 valence electrons. The van der Waals surface area contributed by atoms with Gasteiger partial charge in [0.25, 0.3) is 0 Å². The molecule has 0 aliphatic carbocycles. The molecule has 0 unspecified atom stereocenters. The van der Waals surface area contributed by atoms with Gasteiger partial charge in [0.2, 0.25) is 0 Å². The van der Waals surface area contributed by atoms with Gasteiger partial charge in [-0.15, -0.1) is 11.3 Å². The second-order valence-electron chi connectivity index (χ2n) is 4.74. The minimum absolute atomic E-state index is 0.755. The molecule has 3 N–H and O–H groups in total. The van der Waals surface area contributed by atoms with Crippen molar-refractivity contribution in [1.29, 1.82) is 0 Å². The highest BCUT2D eigenvalue weighted by atomic mass is 32.1. The summed E-state index contributed by atoms with van der Waals surface area (Å²) in [5, 5.41) is 6.61. The van der Waals surface area contributed by atoms with E-state index in [-0.39, 0.29) is 0 Å². The lowest BCUT2D eigenvalue weighted by Crippen LogP contribution is -2.06. The summed E-state index contributed by atoms with van der Waals surface area (Å²) in [6.45, 7) is 2.85. The molecule has 3 aromatic rings. The van der Waals surface area contributed by atoms with Gasteiger partial charge in [-0.25, -0.2) is 4.98 Å². The summed E-state index contributed by atoms with van der Waals surface area (Å²) in [5.41, 5.74) is 12.7. The van der Waals surface area contributed by atoms with Crippen LogP contribution in [0.3, 0.4) is 0 Å². The molecule has 0 spiro atoms. The fourth-order valence-corrected chi connectivity index (χ4v) is 2.80. The Morgan fingerprint density at radius 1 is 1.30 bits per heavy atom. The van der Waals surface area contributed by atoms with Crippen molar-refractivity contribution >= 4 is 33.6 Å².